The van der Waals surface area contributed by atoms with Gasteiger partial charge in [-0.05, 0) is 38.8 Å². The molecule has 0 spiro atoms. The Morgan fingerprint density at radius 3 is 2.38 bits per heavy atom. The minimum absolute atomic E-state index is 0.0773. The smallest absolute Gasteiger partial charge is 0.305 e. The van der Waals surface area contributed by atoms with Crippen molar-refractivity contribution in [2.24, 2.45) is 5.73 Å². The highest BCUT2D eigenvalue weighted by Crippen LogP contribution is 2.21. The second kappa shape index (κ2) is 7.22. The van der Waals surface area contributed by atoms with Crippen LogP contribution in [0.1, 0.15) is 38.7 Å². The van der Waals surface area contributed by atoms with Gasteiger partial charge in [-0.3, -0.25) is 9.59 Å². The lowest BCUT2D eigenvalue weighted by Crippen LogP contribution is -2.37. The average Bonchev–Trinajstić information content (AvgIpc) is 2.37. The lowest BCUT2D eigenvalue weighted by atomic mass is 9.99. The predicted molar refractivity (Wildman–Crippen MR) is 83.3 cm³/mol. The molecule has 1 amide bonds. The van der Waals surface area contributed by atoms with E-state index >= 15 is 0 Å². The summed E-state index contributed by atoms with van der Waals surface area (Å²) in [5.74, 6) is -1.01. The number of nitrogens with zero attached hydrogens (tertiary/aromatic N) is 1. The molecule has 3 N–H and O–H groups in total. The third-order valence-electron chi connectivity index (χ3n) is 3.24. The number of carboxylic acids is 1. The number of carboxylic acid groups (broad SMARTS) is 1. The number of aryl methyl sites for hydroxylation is 1. The van der Waals surface area contributed by atoms with E-state index in [1.165, 1.54) is 0 Å². The van der Waals surface area contributed by atoms with Gasteiger partial charge in [0.2, 0.25) is 5.91 Å². The monoisotopic (exact) mass is 292 g/mol. The molecule has 0 saturated carbocycles. The number of benzene rings is 1. The summed E-state index contributed by atoms with van der Waals surface area (Å²) in [7, 11) is 0. The molecule has 0 aliphatic rings. The lowest BCUT2D eigenvalue weighted by molar-refractivity contribution is -0.136. The Morgan fingerprint density at radius 2 is 1.86 bits per heavy atom. The van der Waals surface area contributed by atoms with Crippen molar-refractivity contribution in [3.63, 3.8) is 0 Å². The fraction of sp³-hybridized carbons (Fsp3) is 0.500. The van der Waals surface area contributed by atoms with Gasteiger partial charge in [-0.15, -0.1) is 0 Å². The molecular weight excluding hydrogens is 268 g/mol. The first-order chi connectivity index (χ1) is 9.70. The molecule has 0 atom stereocenters. The average molecular weight is 292 g/mol. The van der Waals surface area contributed by atoms with Crippen molar-refractivity contribution in [3.8, 4) is 0 Å². The van der Waals surface area contributed by atoms with E-state index in [2.05, 4.69) is 0 Å². The Bertz CT molecular complexity index is 506. The summed E-state index contributed by atoms with van der Waals surface area (Å²) in [6.07, 6.45) is 0.783. The normalized spacial score (nSPS) is 11.2. The van der Waals surface area contributed by atoms with Crippen LogP contribution in [0.2, 0.25) is 0 Å². The van der Waals surface area contributed by atoms with E-state index in [0.717, 1.165) is 11.3 Å². The summed E-state index contributed by atoms with van der Waals surface area (Å²) in [6, 6.07) is 7.48. The van der Waals surface area contributed by atoms with Gasteiger partial charge in [0.05, 0.1) is 6.42 Å². The fourth-order valence-corrected chi connectivity index (χ4v) is 2.02. The zero-order valence-corrected chi connectivity index (χ0v) is 12.9. The highest BCUT2D eigenvalue weighted by molar-refractivity contribution is 5.94. The zero-order chi connectivity index (χ0) is 16.0. The lowest BCUT2D eigenvalue weighted by Gasteiger charge is -2.26. The number of hydrogen-bond donors (Lipinski definition) is 2. The summed E-state index contributed by atoms with van der Waals surface area (Å²) >= 11 is 0. The molecule has 0 radical (unpaired) electrons. The van der Waals surface area contributed by atoms with E-state index in [-0.39, 0.29) is 18.9 Å². The van der Waals surface area contributed by atoms with Gasteiger partial charge in [-0.25, -0.2) is 0 Å². The highest BCUT2D eigenvalue weighted by atomic mass is 16.4. The summed E-state index contributed by atoms with van der Waals surface area (Å²) < 4.78 is 0. The number of rotatable bonds is 7. The standard InChI is InChI=1S/C16H24N2O3/c1-12-6-4-5-7-13(12)18(11-9-15(20)21)14(19)8-10-16(2,3)17/h4-7H,8-11,17H2,1-3H3,(H,20,21). The van der Waals surface area contributed by atoms with E-state index in [9.17, 15) is 9.59 Å². The first-order valence-corrected chi connectivity index (χ1v) is 7.07. The number of carbonyl (C=O) groups excluding carboxylic acids is 1. The van der Waals surface area contributed by atoms with Crippen molar-refractivity contribution in [1.82, 2.24) is 0 Å². The molecule has 0 unspecified atom stereocenters. The van der Waals surface area contributed by atoms with Crippen LogP contribution < -0.4 is 10.6 Å². The van der Waals surface area contributed by atoms with E-state index < -0.39 is 11.5 Å². The van der Waals surface area contributed by atoms with Crippen LogP contribution in [0.4, 0.5) is 5.69 Å². The van der Waals surface area contributed by atoms with Crippen LogP contribution in [0.3, 0.4) is 0 Å². The number of para-hydroxylation sites is 1. The molecule has 0 aromatic heterocycles. The Balaban J connectivity index is 2.89. The van der Waals surface area contributed by atoms with Crippen LogP contribution in [-0.4, -0.2) is 29.1 Å². The first kappa shape index (κ1) is 17.2. The second-order valence-corrected chi connectivity index (χ2v) is 5.96. The second-order valence-electron chi connectivity index (χ2n) is 5.96. The number of carbonyl (C=O) groups is 2. The number of amides is 1. The van der Waals surface area contributed by atoms with Crippen molar-refractivity contribution < 1.29 is 14.7 Å². The number of aliphatic carboxylic acids is 1. The predicted octanol–water partition coefficient (Wildman–Crippen LogP) is 2.32. The Morgan fingerprint density at radius 1 is 1.24 bits per heavy atom. The van der Waals surface area contributed by atoms with Gasteiger partial charge in [0.15, 0.2) is 0 Å². The van der Waals surface area contributed by atoms with Gasteiger partial charge in [0, 0.05) is 24.2 Å². The van der Waals surface area contributed by atoms with Crippen molar-refractivity contribution in [2.45, 2.75) is 45.6 Å². The molecule has 0 fully saturated rings. The summed E-state index contributed by atoms with van der Waals surface area (Å²) in [5.41, 5.74) is 7.20. The van der Waals surface area contributed by atoms with Crippen LogP contribution in [-0.2, 0) is 9.59 Å². The molecular formula is C16H24N2O3. The Hall–Kier alpha value is -1.88. The van der Waals surface area contributed by atoms with E-state index in [1.807, 2.05) is 45.0 Å². The third-order valence-corrected chi connectivity index (χ3v) is 3.24. The molecule has 1 aromatic carbocycles. The summed E-state index contributed by atoms with van der Waals surface area (Å²) in [5, 5.41) is 8.86. The molecule has 0 aliphatic carbocycles. The zero-order valence-electron chi connectivity index (χ0n) is 12.9. The van der Waals surface area contributed by atoms with Crippen molar-refractivity contribution in [3.05, 3.63) is 29.8 Å². The van der Waals surface area contributed by atoms with Crippen molar-refractivity contribution in [2.75, 3.05) is 11.4 Å². The number of nitrogens with two attached hydrogens (primary N) is 1. The van der Waals surface area contributed by atoms with Crippen LogP contribution in [0.25, 0.3) is 0 Å². The molecule has 5 nitrogen and oxygen atoms in total. The molecule has 5 heteroatoms. The summed E-state index contributed by atoms with van der Waals surface area (Å²) in [4.78, 5) is 24.8. The molecule has 21 heavy (non-hydrogen) atoms. The topological polar surface area (TPSA) is 83.6 Å². The minimum atomic E-state index is -0.916. The van der Waals surface area contributed by atoms with Crippen LogP contribution >= 0.6 is 0 Å². The van der Waals surface area contributed by atoms with E-state index in [1.54, 1.807) is 4.90 Å². The maximum atomic E-state index is 12.4. The number of hydrogen-bond acceptors (Lipinski definition) is 3. The molecule has 1 aromatic rings. The molecule has 116 valence electrons. The quantitative estimate of drug-likeness (QED) is 0.808. The Labute approximate surface area is 125 Å². The molecule has 0 heterocycles. The number of anilines is 1. The largest absolute Gasteiger partial charge is 0.481 e. The van der Waals surface area contributed by atoms with Gasteiger partial charge >= 0.3 is 5.97 Å². The molecule has 0 saturated heterocycles. The molecule has 0 bridgehead atoms. The van der Waals surface area contributed by atoms with Gasteiger partial charge in [-0.1, -0.05) is 18.2 Å². The van der Waals surface area contributed by atoms with E-state index in [0.29, 0.717) is 12.8 Å². The maximum absolute atomic E-state index is 12.4. The molecule has 1 rings (SSSR count). The van der Waals surface area contributed by atoms with Gasteiger partial charge in [0.1, 0.15) is 0 Å². The minimum Gasteiger partial charge on any atom is -0.481 e. The van der Waals surface area contributed by atoms with Crippen LogP contribution in [0.5, 0.6) is 0 Å². The first-order valence-electron chi connectivity index (χ1n) is 7.07. The highest BCUT2D eigenvalue weighted by Gasteiger charge is 2.21. The third kappa shape index (κ3) is 5.95. The summed E-state index contributed by atoms with van der Waals surface area (Å²) in [6.45, 7) is 5.82. The Kier molecular flexibility index (Phi) is 5.90. The van der Waals surface area contributed by atoms with E-state index in [4.69, 9.17) is 10.8 Å². The maximum Gasteiger partial charge on any atom is 0.305 e. The van der Waals surface area contributed by atoms with Gasteiger partial charge in [0.25, 0.3) is 0 Å². The SMILES string of the molecule is Cc1ccccc1N(CCC(=O)O)C(=O)CCC(C)(C)N. The van der Waals surface area contributed by atoms with Gasteiger partial charge in [-0.2, -0.15) is 0 Å². The molecule has 0 aliphatic heterocycles. The van der Waals surface area contributed by atoms with Crippen molar-refractivity contribution in [1.29, 1.82) is 0 Å². The van der Waals surface area contributed by atoms with Gasteiger partial charge < -0.3 is 15.7 Å². The van der Waals surface area contributed by atoms with Crippen LogP contribution in [0.15, 0.2) is 24.3 Å². The van der Waals surface area contributed by atoms with Crippen molar-refractivity contribution >= 4 is 17.6 Å². The van der Waals surface area contributed by atoms with Crippen LogP contribution in [0, 0.1) is 6.92 Å². The fourth-order valence-electron chi connectivity index (χ4n) is 2.02.